The molecule has 0 bridgehead atoms. The fourth-order valence-corrected chi connectivity index (χ4v) is 10.5. The molecule has 0 saturated heterocycles. The first kappa shape index (κ1) is 19.3. The van der Waals surface area contributed by atoms with Crippen LogP contribution >= 0.6 is 0 Å². The molecule has 1 aliphatic carbocycles. The van der Waals surface area contributed by atoms with Gasteiger partial charge in [-0.3, -0.25) is 0 Å². The Balaban J connectivity index is 1.93. The summed E-state index contributed by atoms with van der Waals surface area (Å²) in [5, 5.41) is 1.36. The lowest BCUT2D eigenvalue weighted by Gasteiger charge is -2.43. The van der Waals surface area contributed by atoms with Crippen LogP contribution in [-0.4, -0.2) is 13.3 Å². The van der Waals surface area contributed by atoms with Gasteiger partial charge in [0.25, 0.3) is 8.32 Å². The van der Waals surface area contributed by atoms with Gasteiger partial charge in [0.05, 0.1) is 5.76 Å². The lowest BCUT2D eigenvalue weighted by Crippen LogP contribution is -2.47. The third-order valence-electron chi connectivity index (χ3n) is 6.36. The summed E-state index contributed by atoms with van der Waals surface area (Å²) in [6, 6.07) is 8.64. The van der Waals surface area contributed by atoms with E-state index in [2.05, 4.69) is 83.1 Å². The summed E-state index contributed by atoms with van der Waals surface area (Å²) >= 11 is 0. The van der Waals surface area contributed by atoms with Gasteiger partial charge in [0.1, 0.15) is 0 Å². The zero-order valence-electron chi connectivity index (χ0n) is 17.3. The predicted octanol–water partition coefficient (Wildman–Crippen LogP) is 7.51. The summed E-state index contributed by atoms with van der Waals surface area (Å²) in [6.07, 6.45) is 8.17. The van der Waals surface area contributed by atoms with E-state index in [4.69, 9.17) is 4.43 Å². The summed E-state index contributed by atoms with van der Waals surface area (Å²) in [5.41, 5.74) is 4.53. The van der Waals surface area contributed by atoms with Gasteiger partial charge in [-0.15, -0.1) is 0 Å². The molecule has 1 aromatic heterocycles. The fourth-order valence-electron chi connectivity index (χ4n) is 5.20. The minimum Gasteiger partial charge on any atom is -0.546 e. The molecule has 3 heteroatoms. The largest absolute Gasteiger partial charge is 0.546 e. The van der Waals surface area contributed by atoms with Gasteiger partial charge in [0, 0.05) is 29.4 Å². The standard InChI is InChI=1S/C23H35NOSi/c1-16(2)26(17(3)4,18(5)6)25-20-11-9-10-19(14-20)22-15-24-23-13-8-7-12-21(22)23/h7-8,12-19,24H,9-11H2,1-6H3/t19-/m1/s1. The Kier molecular flexibility index (Phi) is 5.66. The van der Waals surface area contributed by atoms with Crippen molar-refractivity contribution in [1.29, 1.82) is 0 Å². The van der Waals surface area contributed by atoms with Crippen molar-refractivity contribution >= 4 is 19.2 Å². The van der Waals surface area contributed by atoms with Gasteiger partial charge in [-0.2, -0.15) is 0 Å². The van der Waals surface area contributed by atoms with Crippen LogP contribution in [0.4, 0.5) is 0 Å². The Morgan fingerprint density at radius 2 is 1.65 bits per heavy atom. The summed E-state index contributed by atoms with van der Waals surface area (Å²) < 4.78 is 6.99. The van der Waals surface area contributed by atoms with Gasteiger partial charge in [0.2, 0.25) is 0 Å². The molecule has 0 spiro atoms. The number of allylic oxidation sites excluding steroid dienone is 2. The highest BCUT2D eigenvalue weighted by atomic mass is 28.4. The first-order valence-corrected chi connectivity index (χ1v) is 12.5. The zero-order chi connectivity index (χ0) is 18.9. The van der Waals surface area contributed by atoms with Crippen LogP contribution in [0.25, 0.3) is 10.9 Å². The zero-order valence-corrected chi connectivity index (χ0v) is 18.3. The number of nitrogens with one attached hydrogen (secondary N) is 1. The number of benzene rings is 1. The Morgan fingerprint density at radius 1 is 1.00 bits per heavy atom. The maximum absolute atomic E-state index is 6.99. The average molecular weight is 370 g/mol. The van der Waals surface area contributed by atoms with E-state index in [1.165, 1.54) is 35.1 Å². The molecule has 0 amide bonds. The molecular weight excluding hydrogens is 334 g/mol. The Morgan fingerprint density at radius 3 is 2.31 bits per heavy atom. The predicted molar refractivity (Wildman–Crippen MR) is 115 cm³/mol. The van der Waals surface area contributed by atoms with Crippen LogP contribution < -0.4 is 0 Å². The second kappa shape index (κ2) is 7.64. The van der Waals surface area contributed by atoms with Crippen molar-refractivity contribution in [3.8, 4) is 0 Å². The van der Waals surface area contributed by atoms with Crippen molar-refractivity contribution in [3.63, 3.8) is 0 Å². The van der Waals surface area contributed by atoms with E-state index >= 15 is 0 Å². The number of aromatic amines is 1. The molecule has 0 fully saturated rings. The van der Waals surface area contributed by atoms with Gasteiger partial charge in [-0.1, -0.05) is 59.7 Å². The van der Waals surface area contributed by atoms with Crippen LogP contribution in [-0.2, 0) is 4.43 Å². The Hall–Kier alpha value is -1.48. The van der Waals surface area contributed by atoms with Crippen molar-refractivity contribution in [2.24, 2.45) is 0 Å². The highest BCUT2D eigenvalue weighted by molar-refractivity contribution is 6.77. The van der Waals surface area contributed by atoms with E-state index in [0.29, 0.717) is 22.5 Å². The average Bonchev–Trinajstić information content (AvgIpc) is 3.03. The molecule has 1 N–H and O–H groups in total. The molecule has 2 aromatic rings. The first-order chi connectivity index (χ1) is 12.4. The molecule has 1 heterocycles. The lowest BCUT2D eigenvalue weighted by molar-refractivity contribution is 0.336. The smallest absolute Gasteiger partial charge is 0.258 e. The molecule has 1 aliphatic rings. The molecule has 3 rings (SSSR count). The van der Waals surface area contributed by atoms with Crippen LogP contribution in [0.15, 0.2) is 42.3 Å². The van der Waals surface area contributed by atoms with Gasteiger partial charge >= 0.3 is 0 Å². The highest BCUT2D eigenvalue weighted by Gasteiger charge is 2.47. The number of hydrogen-bond acceptors (Lipinski definition) is 1. The van der Waals surface area contributed by atoms with E-state index in [1.807, 2.05) is 0 Å². The quantitative estimate of drug-likeness (QED) is 0.523. The lowest BCUT2D eigenvalue weighted by atomic mass is 9.88. The maximum atomic E-state index is 6.99. The van der Waals surface area contributed by atoms with Gasteiger partial charge < -0.3 is 9.41 Å². The van der Waals surface area contributed by atoms with E-state index in [0.717, 1.165) is 6.42 Å². The number of fused-ring (bicyclic) bond motifs is 1. The van der Waals surface area contributed by atoms with Crippen molar-refractivity contribution < 1.29 is 4.43 Å². The van der Waals surface area contributed by atoms with E-state index in [1.54, 1.807) is 0 Å². The van der Waals surface area contributed by atoms with Gasteiger partial charge in [-0.25, -0.2) is 0 Å². The number of aromatic nitrogens is 1. The van der Waals surface area contributed by atoms with Crippen LogP contribution in [0.3, 0.4) is 0 Å². The van der Waals surface area contributed by atoms with E-state index in [-0.39, 0.29) is 0 Å². The van der Waals surface area contributed by atoms with Crippen LogP contribution in [0.5, 0.6) is 0 Å². The van der Waals surface area contributed by atoms with Crippen molar-refractivity contribution in [3.05, 3.63) is 47.9 Å². The first-order valence-electron chi connectivity index (χ1n) is 10.3. The molecule has 0 aliphatic heterocycles. The van der Waals surface area contributed by atoms with Crippen molar-refractivity contribution in [2.45, 2.75) is 83.3 Å². The molecular formula is C23H35NOSi. The van der Waals surface area contributed by atoms with Crippen molar-refractivity contribution in [1.82, 2.24) is 4.98 Å². The maximum Gasteiger partial charge on any atom is 0.258 e. The topological polar surface area (TPSA) is 25.0 Å². The number of para-hydroxylation sites is 1. The van der Waals surface area contributed by atoms with Crippen LogP contribution in [0.2, 0.25) is 16.6 Å². The van der Waals surface area contributed by atoms with Crippen molar-refractivity contribution in [2.75, 3.05) is 0 Å². The summed E-state index contributed by atoms with van der Waals surface area (Å²) in [5.74, 6) is 1.72. The molecule has 1 aromatic carbocycles. The minimum absolute atomic E-state index is 0.466. The van der Waals surface area contributed by atoms with E-state index < -0.39 is 8.32 Å². The summed E-state index contributed by atoms with van der Waals surface area (Å²) in [7, 11) is -1.86. The van der Waals surface area contributed by atoms with Gasteiger partial charge in [-0.05, 0) is 47.2 Å². The molecule has 1 atom stereocenters. The minimum atomic E-state index is -1.86. The third-order valence-corrected chi connectivity index (χ3v) is 12.4. The highest BCUT2D eigenvalue weighted by Crippen LogP contribution is 2.45. The molecule has 0 radical (unpaired) electrons. The SMILES string of the molecule is CC(C)[Si](OC1=C[C@H](c2c[nH]c3ccccc23)CCC1)(C(C)C)C(C)C. The fraction of sp³-hybridized carbons (Fsp3) is 0.565. The Bertz CT molecular complexity index is 750. The summed E-state index contributed by atoms with van der Waals surface area (Å²) in [6.45, 7) is 14.2. The number of hydrogen-bond donors (Lipinski definition) is 1. The normalized spacial score (nSPS) is 18.8. The van der Waals surface area contributed by atoms with Crippen LogP contribution in [0.1, 0.15) is 72.3 Å². The van der Waals surface area contributed by atoms with Crippen LogP contribution in [0, 0.1) is 0 Å². The Labute approximate surface area is 160 Å². The number of H-pyrrole nitrogens is 1. The monoisotopic (exact) mass is 369 g/mol. The summed E-state index contributed by atoms with van der Waals surface area (Å²) in [4.78, 5) is 3.44. The molecule has 0 unspecified atom stereocenters. The molecule has 142 valence electrons. The third kappa shape index (κ3) is 3.38. The second-order valence-corrected chi connectivity index (χ2v) is 14.2. The van der Waals surface area contributed by atoms with E-state index in [9.17, 15) is 0 Å². The molecule has 2 nitrogen and oxygen atoms in total. The molecule has 0 saturated carbocycles. The van der Waals surface area contributed by atoms with Gasteiger partial charge in [0.15, 0.2) is 0 Å². The molecule has 26 heavy (non-hydrogen) atoms. The number of rotatable bonds is 6. The second-order valence-electron chi connectivity index (χ2n) is 8.84.